The van der Waals surface area contributed by atoms with E-state index in [1.807, 2.05) is 31.2 Å². The van der Waals surface area contributed by atoms with E-state index in [1.54, 1.807) is 33.5 Å². The van der Waals surface area contributed by atoms with Gasteiger partial charge >= 0.3 is 5.97 Å². The van der Waals surface area contributed by atoms with Gasteiger partial charge in [0.05, 0.1) is 39.4 Å². The Kier molecular flexibility index (Phi) is 8.48. The molecule has 0 radical (unpaired) electrons. The van der Waals surface area contributed by atoms with E-state index in [9.17, 15) is 4.79 Å². The summed E-state index contributed by atoms with van der Waals surface area (Å²) in [5, 5.41) is 8.77. The highest BCUT2D eigenvalue weighted by Crippen LogP contribution is 2.41. The van der Waals surface area contributed by atoms with Crippen molar-refractivity contribution in [3.05, 3.63) is 53.4 Å². The first-order chi connectivity index (χ1) is 15.9. The first-order valence-corrected chi connectivity index (χ1v) is 11.4. The molecule has 0 saturated carbocycles. The van der Waals surface area contributed by atoms with Crippen LogP contribution >= 0.6 is 11.8 Å². The molecule has 3 rings (SSSR count). The molecule has 0 amide bonds. The molecule has 33 heavy (non-hydrogen) atoms. The number of methoxy groups -OCH3 is 3. The minimum atomic E-state index is -0.818. The number of oxazole rings is 1. The van der Waals surface area contributed by atoms with Crippen LogP contribution in [0.5, 0.6) is 23.0 Å². The molecule has 1 heterocycles. The molecule has 3 aromatic rings. The summed E-state index contributed by atoms with van der Waals surface area (Å²) in [7, 11) is 4.67. The van der Waals surface area contributed by atoms with Gasteiger partial charge in [0, 0.05) is 17.7 Å². The summed E-state index contributed by atoms with van der Waals surface area (Å²) in [4.78, 5) is 15.3. The summed E-state index contributed by atoms with van der Waals surface area (Å²) in [6.45, 7) is 2.29. The molecule has 0 bridgehead atoms. The van der Waals surface area contributed by atoms with Crippen LogP contribution in [0.1, 0.15) is 17.0 Å². The Labute approximate surface area is 196 Å². The minimum Gasteiger partial charge on any atom is -0.493 e. The molecule has 1 aromatic heterocycles. The van der Waals surface area contributed by atoms with Crippen LogP contribution in [0.3, 0.4) is 0 Å². The topological polar surface area (TPSA) is 100 Å². The quantitative estimate of drug-likeness (QED) is 0.404. The summed E-state index contributed by atoms with van der Waals surface area (Å²) >= 11 is 1.35. The average molecular weight is 474 g/mol. The van der Waals surface area contributed by atoms with Crippen molar-refractivity contribution < 1.29 is 33.3 Å². The van der Waals surface area contributed by atoms with Crippen LogP contribution in [0.4, 0.5) is 0 Å². The Morgan fingerprint density at radius 1 is 1.09 bits per heavy atom. The van der Waals surface area contributed by atoms with Crippen molar-refractivity contribution in [1.82, 2.24) is 4.98 Å². The van der Waals surface area contributed by atoms with Crippen molar-refractivity contribution in [3.63, 3.8) is 0 Å². The number of carboxylic acids is 1. The number of nitrogens with zero attached hydrogens (tertiary/aromatic N) is 1. The molecule has 0 saturated heterocycles. The number of aromatic nitrogens is 1. The van der Waals surface area contributed by atoms with Crippen LogP contribution in [0, 0.1) is 6.92 Å². The Bertz CT molecular complexity index is 1070. The molecule has 0 atom stereocenters. The highest BCUT2D eigenvalue weighted by atomic mass is 32.2. The number of hydrogen-bond donors (Lipinski definition) is 1. The van der Waals surface area contributed by atoms with E-state index >= 15 is 0 Å². The maximum absolute atomic E-state index is 10.7. The molecule has 9 heteroatoms. The fourth-order valence-corrected chi connectivity index (χ4v) is 3.93. The minimum absolute atomic E-state index is 0.0742. The van der Waals surface area contributed by atoms with Crippen molar-refractivity contribution in [2.45, 2.75) is 19.1 Å². The fraction of sp³-hybridized carbons (Fsp3) is 0.333. The fourth-order valence-electron chi connectivity index (χ4n) is 3.23. The van der Waals surface area contributed by atoms with E-state index in [2.05, 4.69) is 4.98 Å². The summed E-state index contributed by atoms with van der Waals surface area (Å²) in [6, 6.07) is 11.2. The lowest BCUT2D eigenvalue weighted by molar-refractivity contribution is -0.133. The lowest BCUT2D eigenvalue weighted by atomic mass is 10.2. The average Bonchev–Trinajstić information content (AvgIpc) is 3.18. The lowest BCUT2D eigenvalue weighted by Crippen LogP contribution is -2.03. The molecule has 0 aliphatic carbocycles. The second kappa shape index (κ2) is 11.5. The number of thioether (sulfide) groups is 1. The van der Waals surface area contributed by atoms with Gasteiger partial charge in [-0.25, -0.2) is 4.98 Å². The molecule has 2 aromatic carbocycles. The third-order valence-corrected chi connectivity index (χ3v) is 5.79. The summed E-state index contributed by atoms with van der Waals surface area (Å²) < 4.78 is 28.0. The van der Waals surface area contributed by atoms with Gasteiger partial charge in [0.15, 0.2) is 11.5 Å². The van der Waals surface area contributed by atoms with E-state index < -0.39 is 5.97 Å². The number of hydrogen-bond acceptors (Lipinski definition) is 8. The maximum atomic E-state index is 10.7. The van der Waals surface area contributed by atoms with Crippen LogP contribution in [0.15, 0.2) is 40.8 Å². The summed E-state index contributed by atoms with van der Waals surface area (Å²) in [6.07, 6.45) is 0.567. The van der Waals surface area contributed by atoms with Gasteiger partial charge in [-0.1, -0.05) is 12.1 Å². The van der Waals surface area contributed by atoms with Crippen molar-refractivity contribution >= 4 is 17.7 Å². The Balaban J connectivity index is 1.66. The first-order valence-electron chi connectivity index (χ1n) is 10.2. The van der Waals surface area contributed by atoms with Gasteiger partial charge in [-0.3, -0.25) is 4.79 Å². The maximum Gasteiger partial charge on any atom is 0.313 e. The summed E-state index contributed by atoms with van der Waals surface area (Å²) in [5.74, 6) is 3.32. The molecule has 0 aliphatic rings. The van der Waals surface area contributed by atoms with E-state index in [-0.39, 0.29) is 5.75 Å². The Morgan fingerprint density at radius 3 is 2.45 bits per heavy atom. The Hall–Kier alpha value is -3.33. The first kappa shape index (κ1) is 24.3. The SMILES string of the molecule is COc1cc(-c2nc(CCOc3cccc(CSCC(=O)O)c3)c(C)o2)cc(OC)c1OC. The zero-order valence-corrected chi connectivity index (χ0v) is 19.9. The molecule has 176 valence electrons. The molecular weight excluding hydrogens is 446 g/mol. The van der Waals surface area contributed by atoms with Gasteiger partial charge in [0.2, 0.25) is 11.6 Å². The Morgan fingerprint density at radius 2 is 1.82 bits per heavy atom. The van der Waals surface area contributed by atoms with Gasteiger partial charge in [0.1, 0.15) is 11.5 Å². The zero-order valence-electron chi connectivity index (χ0n) is 19.0. The monoisotopic (exact) mass is 473 g/mol. The van der Waals surface area contributed by atoms with E-state index in [4.69, 9.17) is 28.5 Å². The second-order valence-corrected chi connectivity index (χ2v) is 8.05. The number of carboxylic acid groups (broad SMARTS) is 1. The largest absolute Gasteiger partial charge is 0.493 e. The van der Waals surface area contributed by atoms with Crippen molar-refractivity contribution in [2.24, 2.45) is 0 Å². The number of rotatable bonds is 12. The van der Waals surface area contributed by atoms with Gasteiger partial charge in [-0.2, -0.15) is 0 Å². The highest BCUT2D eigenvalue weighted by molar-refractivity contribution is 7.99. The predicted molar refractivity (Wildman–Crippen MR) is 126 cm³/mol. The molecule has 8 nitrogen and oxygen atoms in total. The molecule has 0 unspecified atom stereocenters. The van der Waals surface area contributed by atoms with E-state index in [1.165, 1.54) is 11.8 Å². The zero-order chi connectivity index (χ0) is 23.8. The third-order valence-electron chi connectivity index (χ3n) is 4.80. The van der Waals surface area contributed by atoms with Gasteiger partial charge in [-0.15, -0.1) is 11.8 Å². The van der Waals surface area contributed by atoms with Crippen molar-refractivity contribution in [3.8, 4) is 34.5 Å². The van der Waals surface area contributed by atoms with E-state index in [0.717, 1.165) is 17.0 Å². The van der Waals surface area contributed by atoms with E-state index in [0.29, 0.717) is 53.2 Å². The third kappa shape index (κ3) is 6.35. The number of ether oxygens (including phenoxy) is 4. The van der Waals surface area contributed by atoms with Crippen LogP contribution in [-0.2, 0) is 17.0 Å². The number of benzene rings is 2. The molecule has 0 spiro atoms. The van der Waals surface area contributed by atoms with Crippen molar-refractivity contribution in [2.75, 3.05) is 33.7 Å². The van der Waals surface area contributed by atoms with Crippen LogP contribution in [0.25, 0.3) is 11.5 Å². The number of aryl methyl sites for hydroxylation is 1. The molecule has 0 fully saturated rings. The normalized spacial score (nSPS) is 10.7. The van der Waals surface area contributed by atoms with Gasteiger partial charge < -0.3 is 28.5 Å². The predicted octanol–water partition coefficient (Wildman–Crippen LogP) is 4.62. The lowest BCUT2D eigenvalue weighted by Gasteiger charge is -2.12. The second-order valence-electron chi connectivity index (χ2n) is 7.07. The smallest absolute Gasteiger partial charge is 0.313 e. The van der Waals surface area contributed by atoms with Crippen LogP contribution in [0.2, 0.25) is 0 Å². The molecule has 0 aliphatic heterocycles. The van der Waals surface area contributed by atoms with Gasteiger partial charge in [0.25, 0.3) is 0 Å². The summed E-state index contributed by atoms with van der Waals surface area (Å²) in [5.41, 5.74) is 2.53. The number of aliphatic carboxylic acids is 1. The van der Waals surface area contributed by atoms with Crippen LogP contribution in [-0.4, -0.2) is 49.7 Å². The van der Waals surface area contributed by atoms with Crippen LogP contribution < -0.4 is 18.9 Å². The molecule has 1 N–H and O–H groups in total. The standard InChI is InChI=1S/C24H27NO7S/c1-15-19(8-9-31-18-7-5-6-16(10-18)13-33-14-22(26)27)25-24(32-15)17-11-20(28-2)23(30-4)21(12-17)29-3/h5-7,10-12H,8-9,13-14H2,1-4H3,(H,26,27). The number of carbonyl (C=O) groups is 1. The molecular formula is C24H27NO7S. The van der Waals surface area contributed by atoms with Gasteiger partial charge in [-0.05, 0) is 36.8 Å². The van der Waals surface area contributed by atoms with Crippen molar-refractivity contribution in [1.29, 1.82) is 0 Å². The highest BCUT2D eigenvalue weighted by Gasteiger charge is 2.18.